The van der Waals surface area contributed by atoms with Gasteiger partial charge >= 0.3 is 0 Å². The molecule has 1 atom stereocenters. The van der Waals surface area contributed by atoms with E-state index in [9.17, 15) is 0 Å². The van der Waals surface area contributed by atoms with E-state index in [0.29, 0.717) is 0 Å². The second-order valence-corrected chi connectivity index (χ2v) is 5.27. The van der Waals surface area contributed by atoms with Gasteiger partial charge in [0.2, 0.25) is 0 Å². The van der Waals surface area contributed by atoms with Gasteiger partial charge in [0.15, 0.2) is 0 Å². The fourth-order valence-electron chi connectivity index (χ4n) is 2.72. The number of fused-ring (bicyclic) bond motifs is 1. The van der Waals surface area contributed by atoms with Gasteiger partial charge in [0.25, 0.3) is 0 Å². The first-order valence-electron chi connectivity index (χ1n) is 6.96. The maximum Gasteiger partial charge on any atom is 0.137 e. The van der Waals surface area contributed by atoms with Crippen molar-refractivity contribution in [2.24, 2.45) is 5.73 Å². The zero-order valence-electron chi connectivity index (χ0n) is 12.0. The summed E-state index contributed by atoms with van der Waals surface area (Å²) in [5, 5.41) is 0. The van der Waals surface area contributed by atoms with E-state index in [4.69, 9.17) is 5.73 Å². The largest absolute Gasteiger partial charge is 0.371 e. The first-order chi connectivity index (χ1) is 9.68. The summed E-state index contributed by atoms with van der Waals surface area (Å²) in [7, 11) is 2.13. The maximum absolute atomic E-state index is 6.09. The molecule has 1 aromatic carbocycles. The molecule has 104 valence electrons. The Morgan fingerprint density at radius 2 is 1.85 bits per heavy atom. The van der Waals surface area contributed by atoms with Crippen LogP contribution < -0.4 is 15.5 Å². The minimum atomic E-state index is -0.0227. The quantitative estimate of drug-likeness (QED) is 0.909. The average Bonchev–Trinajstić information content (AvgIpc) is 2.48. The van der Waals surface area contributed by atoms with Gasteiger partial charge in [0, 0.05) is 37.9 Å². The summed E-state index contributed by atoms with van der Waals surface area (Å²) in [5.74, 6) is 0.975. The monoisotopic (exact) mass is 268 g/mol. The normalized spacial score (nSPS) is 15.9. The van der Waals surface area contributed by atoms with Crippen LogP contribution in [0.4, 0.5) is 17.2 Å². The molecule has 2 N–H and O–H groups in total. The Morgan fingerprint density at radius 3 is 2.60 bits per heavy atom. The average molecular weight is 268 g/mol. The predicted octanol–water partition coefficient (Wildman–Crippen LogP) is 2.69. The lowest BCUT2D eigenvalue weighted by molar-refractivity contribution is 0.775. The van der Waals surface area contributed by atoms with Crippen LogP contribution in [0.25, 0.3) is 0 Å². The highest BCUT2D eigenvalue weighted by molar-refractivity contribution is 5.79. The van der Waals surface area contributed by atoms with E-state index in [0.717, 1.165) is 24.5 Å². The predicted molar refractivity (Wildman–Crippen MR) is 83.6 cm³/mol. The number of nitrogens with zero attached hydrogens (tertiary/aromatic N) is 3. The standard InChI is InChI=1S/C16H20N4/c1-12(17)13-6-5-9-18-16(13)20-11-10-19(2)14-7-3-4-8-15(14)20/h3-9,12H,10-11,17H2,1-2H3/t12-/m0/s1. The van der Waals surface area contributed by atoms with Crippen LogP contribution in [0.5, 0.6) is 0 Å². The Balaban J connectivity index is 2.11. The van der Waals surface area contributed by atoms with Gasteiger partial charge in [-0.3, -0.25) is 0 Å². The molecule has 3 rings (SSSR count). The highest BCUT2D eigenvalue weighted by Gasteiger charge is 2.24. The lowest BCUT2D eigenvalue weighted by atomic mass is 10.1. The molecule has 0 amide bonds. The Kier molecular flexibility index (Phi) is 3.32. The minimum absolute atomic E-state index is 0.0227. The van der Waals surface area contributed by atoms with E-state index in [-0.39, 0.29) is 6.04 Å². The number of anilines is 3. The highest BCUT2D eigenvalue weighted by Crippen LogP contribution is 2.37. The number of aromatic nitrogens is 1. The van der Waals surface area contributed by atoms with Crippen LogP contribution in [0.1, 0.15) is 18.5 Å². The summed E-state index contributed by atoms with van der Waals surface area (Å²) in [6.07, 6.45) is 1.84. The van der Waals surface area contributed by atoms with Crippen molar-refractivity contribution in [2.75, 3.05) is 29.9 Å². The highest BCUT2D eigenvalue weighted by atomic mass is 15.3. The van der Waals surface area contributed by atoms with Gasteiger partial charge in [-0.05, 0) is 25.1 Å². The number of benzene rings is 1. The number of hydrogen-bond acceptors (Lipinski definition) is 4. The summed E-state index contributed by atoms with van der Waals surface area (Å²) >= 11 is 0. The van der Waals surface area contributed by atoms with Gasteiger partial charge in [-0.2, -0.15) is 0 Å². The van der Waals surface area contributed by atoms with E-state index >= 15 is 0 Å². The molecule has 4 heteroatoms. The first-order valence-corrected chi connectivity index (χ1v) is 6.96. The number of likely N-dealkylation sites (N-methyl/N-ethyl adjacent to an activating group) is 1. The molecule has 0 unspecified atom stereocenters. The number of rotatable bonds is 2. The third-order valence-corrected chi connectivity index (χ3v) is 3.81. The smallest absolute Gasteiger partial charge is 0.137 e. The molecule has 4 nitrogen and oxygen atoms in total. The van der Waals surface area contributed by atoms with Crippen LogP contribution in [0.2, 0.25) is 0 Å². The van der Waals surface area contributed by atoms with Crippen LogP contribution in [0, 0.1) is 0 Å². The third-order valence-electron chi connectivity index (χ3n) is 3.81. The van der Waals surface area contributed by atoms with Crippen LogP contribution in [-0.4, -0.2) is 25.1 Å². The molecule has 20 heavy (non-hydrogen) atoms. The molecule has 2 heterocycles. The SMILES string of the molecule is C[C@H](N)c1cccnc1N1CCN(C)c2ccccc21. The molecule has 0 aliphatic carbocycles. The van der Waals surface area contributed by atoms with Crippen molar-refractivity contribution in [2.45, 2.75) is 13.0 Å². The fraction of sp³-hybridized carbons (Fsp3) is 0.312. The van der Waals surface area contributed by atoms with Gasteiger partial charge in [-0.1, -0.05) is 18.2 Å². The Labute approximate surface area is 119 Å². The lowest BCUT2D eigenvalue weighted by Crippen LogP contribution is -2.37. The minimum Gasteiger partial charge on any atom is -0.371 e. The van der Waals surface area contributed by atoms with Gasteiger partial charge < -0.3 is 15.5 Å². The zero-order chi connectivity index (χ0) is 14.1. The summed E-state index contributed by atoms with van der Waals surface area (Å²) in [6, 6.07) is 12.4. The molecule has 0 saturated heterocycles. The molecule has 0 saturated carbocycles. The van der Waals surface area contributed by atoms with E-state index in [2.05, 4.69) is 52.2 Å². The summed E-state index contributed by atoms with van der Waals surface area (Å²) in [6.45, 7) is 3.90. The topological polar surface area (TPSA) is 45.4 Å². The van der Waals surface area contributed by atoms with Gasteiger partial charge in [0.1, 0.15) is 5.82 Å². The van der Waals surface area contributed by atoms with Crippen LogP contribution in [0.15, 0.2) is 42.6 Å². The van der Waals surface area contributed by atoms with Crippen LogP contribution >= 0.6 is 0 Å². The van der Waals surface area contributed by atoms with Crippen molar-refractivity contribution in [3.05, 3.63) is 48.2 Å². The van der Waals surface area contributed by atoms with Crippen molar-refractivity contribution < 1.29 is 0 Å². The van der Waals surface area contributed by atoms with Gasteiger partial charge in [0.05, 0.1) is 11.4 Å². The second-order valence-electron chi connectivity index (χ2n) is 5.27. The summed E-state index contributed by atoms with van der Waals surface area (Å²) < 4.78 is 0. The van der Waals surface area contributed by atoms with Crippen molar-refractivity contribution in [3.8, 4) is 0 Å². The molecular weight excluding hydrogens is 248 g/mol. The number of hydrogen-bond donors (Lipinski definition) is 1. The zero-order valence-corrected chi connectivity index (χ0v) is 12.0. The molecule has 1 aliphatic heterocycles. The van der Waals surface area contributed by atoms with Crippen LogP contribution in [-0.2, 0) is 0 Å². The summed E-state index contributed by atoms with van der Waals surface area (Å²) in [5.41, 5.74) is 9.61. The maximum atomic E-state index is 6.09. The molecule has 1 aliphatic rings. The molecule has 0 spiro atoms. The molecular formula is C16H20N4. The molecule has 0 bridgehead atoms. The van der Waals surface area contributed by atoms with Crippen molar-refractivity contribution in [3.63, 3.8) is 0 Å². The van der Waals surface area contributed by atoms with Crippen molar-refractivity contribution in [1.29, 1.82) is 0 Å². The number of pyridine rings is 1. The first kappa shape index (κ1) is 12.9. The summed E-state index contributed by atoms with van der Waals surface area (Å²) in [4.78, 5) is 9.12. The van der Waals surface area contributed by atoms with Crippen LogP contribution in [0.3, 0.4) is 0 Å². The Bertz CT molecular complexity index is 609. The van der Waals surface area contributed by atoms with Gasteiger partial charge in [-0.15, -0.1) is 0 Å². The number of para-hydroxylation sites is 2. The Morgan fingerprint density at radius 1 is 1.10 bits per heavy atom. The fourth-order valence-corrected chi connectivity index (χ4v) is 2.72. The Hall–Kier alpha value is -2.07. The number of nitrogens with two attached hydrogens (primary N) is 1. The lowest BCUT2D eigenvalue weighted by Gasteiger charge is -2.37. The van der Waals surface area contributed by atoms with Crippen molar-refractivity contribution >= 4 is 17.2 Å². The molecule has 0 fully saturated rings. The van der Waals surface area contributed by atoms with Gasteiger partial charge in [-0.25, -0.2) is 4.98 Å². The van der Waals surface area contributed by atoms with E-state index < -0.39 is 0 Å². The molecule has 2 aromatic rings. The second kappa shape index (κ2) is 5.13. The van der Waals surface area contributed by atoms with E-state index in [1.54, 1.807) is 0 Å². The third kappa shape index (κ3) is 2.12. The molecule has 1 aromatic heterocycles. The van der Waals surface area contributed by atoms with E-state index in [1.165, 1.54) is 11.4 Å². The van der Waals surface area contributed by atoms with E-state index in [1.807, 2.05) is 19.2 Å². The van der Waals surface area contributed by atoms with Crippen molar-refractivity contribution in [1.82, 2.24) is 4.98 Å². The molecule has 0 radical (unpaired) electrons.